The van der Waals surface area contributed by atoms with Crippen LogP contribution in [0.15, 0.2) is 12.3 Å². The monoisotopic (exact) mass is 167 g/mol. The molecule has 0 aliphatic rings. The Morgan fingerprint density at radius 3 is 3.00 bits per heavy atom. The van der Waals surface area contributed by atoms with Gasteiger partial charge >= 0.3 is 0 Å². The average molecular weight is 168 g/mol. The molecule has 0 aliphatic carbocycles. The topological polar surface area (TPSA) is 48.7 Å². The number of pyridine rings is 1. The van der Waals surface area contributed by atoms with Crippen LogP contribution < -0.4 is 5.32 Å². The number of nitrogens with zero attached hydrogens (tertiary/aromatic N) is 2. The zero-order valence-electron chi connectivity index (χ0n) is 5.93. The molecule has 0 spiro atoms. The van der Waals surface area contributed by atoms with E-state index in [0.717, 1.165) is 0 Å². The first kappa shape index (κ1) is 7.83. The fourth-order valence-corrected chi connectivity index (χ4v) is 0.884. The molecular weight excluding hydrogens is 162 g/mol. The summed E-state index contributed by atoms with van der Waals surface area (Å²) in [6.07, 6.45) is 1.44. The molecule has 0 aromatic carbocycles. The summed E-state index contributed by atoms with van der Waals surface area (Å²) in [7, 11) is 1.73. The predicted molar refractivity (Wildman–Crippen MR) is 43.5 cm³/mol. The van der Waals surface area contributed by atoms with E-state index in [2.05, 4.69) is 10.3 Å². The van der Waals surface area contributed by atoms with Crippen molar-refractivity contribution in [3.63, 3.8) is 0 Å². The molecule has 3 nitrogen and oxygen atoms in total. The zero-order valence-corrected chi connectivity index (χ0v) is 6.68. The molecule has 0 unspecified atom stereocenters. The fourth-order valence-electron chi connectivity index (χ4n) is 0.726. The lowest BCUT2D eigenvalue weighted by molar-refractivity contribution is 1.29. The van der Waals surface area contributed by atoms with Gasteiger partial charge in [-0.05, 0) is 6.07 Å². The van der Waals surface area contributed by atoms with Crippen LogP contribution in [0, 0.1) is 11.3 Å². The van der Waals surface area contributed by atoms with Crippen LogP contribution in [0.25, 0.3) is 0 Å². The molecule has 0 aliphatic heterocycles. The molecule has 0 saturated heterocycles. The van der Waals surface area contributed by atoms with Crippen LogP contribution in [0.4, 0.5) is 5.69 Å². The maximum atomic E-state index is 8.57. The molecule has 0 amide bonds. The molecule has 1 N–H and O–H groups in total. The Bertz CT molecular complexity index is 303. The Kier molecular flexibility index (Phi) is 2.29. The summed E-state index contributed by atoms with van der Waals surface area (Å²) < 4.78 is 0. The van der Waals surface area contributed by atoms with E-state index in [0.29, 0.717) is 16.4 Å². The lowest BCUT2D eigenvalue weighted by Gasteiger charge is -2.00. The van der Waals surface area contributed by atoms with E-state index in [1.807, 2.05) is 6.07 Å². The Balaban J connectivity index is 3.19. The van der Waals surface area contributed by atoms with Crippen LogP contribution in [0.5, 0.6) is 0 Å². The average Bonchev–Trinajstić information content (AvgIpc) is 2.04. The molecule has 0 atom stereocenters. The molecule has 1 aromatic heterocycles. The number of nitriles is 1. The highest BCUT2D eigenvalue weighted by Gasteiger charge is 1.99. The quantitative estimate of drug-likeness (QED) is 0.647. The van der Waals surface area contributed by atoms with E-state index < -0.39 is 0 Å². The third kappa shape index (κ3) is 1.60. The third-order valence-electron chi connectivity index (χ3n) is 1.26. The molecule has 56 valence electrons. The van der Waals surface area contributed by atoms with E-state index in [1.54, 1.807) is 13.1 Å². The van der Waals surface area contributed by atoms with Crippen molar-refractivity contribution >= 4 is 17.3 Å². The van der Waals surface area contributed by atoms with Crippen molar-refractivity contribution < 1.29 is 0 Å². The second-order valence-electron chi connectivity index (χ2n) is 1.91. The SMILES string of the molecule is CNc1cc(Cl)ncc1C#N. The van der Waals surface area contributed by atoms with Gasteiger partial charge in [0.05, 0.1) is 11.3 Å². The number of rotatable bonds is 1. The van der Waals surface area contributed by atoms with Gasteiger partial charge in [-0.2, -0.15) is 5.26 Å². The van der Waals surface area contributed by atoms with Crippen LogP contribution in [-0.2, 0) is 0 Å². The summed E-state index contributed by atoms with van der Waals surface area (Å²) in [5, 5.41) is 11.8. The number of nitrogens with one attached hydrogen (secondary N) is 1. The van der Waals surface area contributed by atoms with Crippen LogP contribution in [-0.4, -0.2) is 12.0 Å². The Morgan fingerprint density at radius 2 is 2.45 bits per heavy atom. The minimum absolute atomic E-state index is 0.383. The summed E-state index contributed by atoms with van der Waals surface area (Å²) in [4.78, 5) is 3.76. The van der Waals surface area contributed by atoms with E-state index >= 15 is 0 Å². The van der Waals surface area contributed by atoms with E-state index in [-0.39, 0.29) is 0 Å². The van der Waals surface area contributed by atoms with Gasteiger partial charge in [-0.1, -0.05) is 11.6 Å². The predicted octanol–water partition coefficient (Wildman–Crippen LogP) is 1.65. The lowest BCUT2D eigenvalue weighted by atomic mass is 10.2. The lowest BCUT2D eigenvalue weighted by Crippen LogP contribution is -1.92. The molecule has 0 radical (unpaired) electrons. The molecule has 11 heavy (non-hydrogen) atoms. The summed E-state index contributed by atoms with van der Waals surface area (Å²) in [5.41, 5.74) is 1.20. The first-order valence-electron chi connectivity index (χ1n) is 3.01. The zero-order chi connectivity index (χ0) is 8.27. The van der Waals surface area contributed by atoms with E-state index in [4.69, 9.17) is 16.9 Å². The summed E-state index contributed by atoms with van der Waals surface area (Å²) in [6, 6.07) is 3.60. The van der Waals surface area contributed by atoms with Gasteiger partial charge in [0.25, 0.3) is 0 Å². The van der Waals surface area contributed by atoms with Gasteiger partial charge in [0, 0.05) is 13.2 Å². The molecule has 1 aromatic rings. The molecule has 4 heteroatoms. The van der Waals surface area contributed by atoms with Gasteiger partial charge in [0.15, 0.2) is 0 Å². The minimum Gasteiger partial charge on any atom is -0.387 e. The van der Waals surface area contributed by atoms with E-state index in [9.17, 15) is 0 Å². The van der Waals surface area contributed by atoms with Crippen LogP contribution in [0.1, 0.15) is 5.56 Å². The second-order valence-corrected chi connectivity index (χ2v) is 2.30. The second kappa shape index (κ2) is 3.22. The van der Waals surface area contributed by atoms with Crippen LogP contribution in [0.2, 0.25) is 5.15 Å². The molecule has 0 saturated carbocycles. The highest BCUT2D eigenvalue weighted by atomic mass is 35.5. The van der Waals surface area contributed by atoms with E-state index in [1.165, 1.54) is 6.20 Å². The number of anilines is 1. The van der Waals surface area contributed by atoms with Crippen LogP contribution >= 0.6 is 11.6 Å². The van der Waals surface area contributed by atoms with Crippen molar-refractivity contribution in [2.45, 2.75) is 0 Å². The Morgan fingerprint density at radius 1 is 1.73 bits per heavy atom. The van der Waals surface area contributed by atoms with Gasteiger partial charge < -0.3 is 5.32 Å². The fraction of sp³-hybridized carbons (Fsp3) is 0.143. The normalized spacial score (nSPS) is 8.82. The number of aromatic nitrogens is 1. The van der Waals surface area contributed by atoms with Crippen LogP contribution in [0.3, 0.4) is 0 Å². The Labute approximate surface area is 69.6 Å². The largest absolute Gasteiger partial charge is 0.387 e. The van der Waals surface area contributed by atoms with Crippen molar-refractivity contribution in [2.24, 2.45) is 0 Å². The summed E-state index contributed by atoms with van der Waals surface area (Å²) >= 11 is 5.59. The minimum atomic E-state index is 0.383. The van der Waals surface area contributed by atoms with Crippen molar-refractivity contribution in [1.82, 2.24) is 4.98 Å². The standard InChI is InChI=1S/C7H6ClN3/c1-10-6-2-7(8)11-4-5(6)3-9/h2,4H,1H3,(H,10,11). The maximum absolute atomic E-state index is 8.57. The van der Waals surface area contributed by atoms with Gasteiger partial charge in [-0.15, -0.1) is 0 Å². The van der Waals surface area contributed by atoms with Crippen molar-refractivity contribution in [3.05, 3.63) is 23.0 Å². The molecule has 1 rings (SSSR count). The van der Waals surface area contributed by atoms with Gasteiger partial charge in [0.2, 0.25) is 0 Å². The molecule has 1 heterocycles. The smallest absolute Gasteiger partial charge is 0.131 e. The number of hydrogen-bond donors (Lipinski definition) is 1. The summed E-state index contributed by atoms with van der Waals surface area (Å²) in [5.74, 6) is 0. The highest BCUT2D eigenvalue weighted by molar-refractivity contribution is 6.29. The first-order valence-corrected chi connectivity index (χ1v) is 3.39. The highest BCUT2D eigenvalue weighted by Crippen LogP contribution is 2.16. The van der Waals surface area contributed by atoms with Gasteiger partial charge in [-0.3, -0.25) is 0 Å². The molecule has 0 bridgehead atoms. The molecular formula is C7H6ClN3. The maximum Gasteiger partial charge on any atom is 0.131 e. The summed E-state index contributed by atoms with van der Waals surface area (Å²) in [6.45, 7) is 0. The van der Waals surface area contributed by atoms with Gasteiger partial charge in [0.1, 0.15) is 11.2 Å². The number of hydrogen-bond acceptors (Lipinski definition) is 3. The molecule has 0 fully saturated rings. The van der Waals surface area contributed by atoms with Crippen molar-refractivity contribution in [3.8, 4) is 6.07 Å². The van der Waals surface area contributed by atoms with Crippen molar-refractivity contribution in [1.29, 1.82) is 5.26 Å². The third-order valence-corrected chi connectivity index (χ3v) is 1.47. The van der Waals surface area contributed by atoms with Crippen molar-refractivity contribution in [2.75, 3.05) is 12.4 Å². The van der Waals surface area contributed by atoms with Gasteiger partial charge in [-0.25, -0.2) is 4.98 Å². The number of halogens is 1. The Hall–Kier alpha value is -1.27. The first-order chi connectivity index (χ1) is 5.27.